The summed E-state index contributed by atoms with van der Waals surface area (Å²) in [5.41, 5.74) is -2.49. The lowest BCUT2D eigenvalue weighted by atomic mass is 10.1. The number of nitrogens with zero attached hydrogens (tertiary/aromatic N) is 3. The fraction of sp³-hybridized carbons (Fsp3) is 0.267. The predicted molar refractivity (Wildman–Crippen MR) is 101 cm³/mol. The summed E-state index contributed by atoms with van der Waals surface area (Å²) in [7, 11) is 0.983. The lowest BCUT2D eigenvalue weighted by Crippen LogP contribution is -2.40. The van der Waals surface area contributed by atoms with Crippen LogP contribution in [0.5, 0.6) is 0 Å². The zero-order valence-electron chi connectivity index (χ0n) is 13.1. The van der Waals surface area contributed by atoms with E-state index in [-0.39, 0.29) is 10.5 Å². The molecule has 2 heterocycles. The van der Waals surface area contributed by atoms with Gasteiger partial charge in [-0.3, -0.25) is 9.36 Å². The van der Waals surface area contributed by atoms with Crippen molar-refractivity contribution in [1.29, 1.82) is 0 Å². The molecule has 0 aliphatic carbocycles. The molecule has 3 rings (SSSR count). The number of fused-ring (bicyclic) bond motifs is 1. The van der Waals surface area contributed by atoms with Crippen LogP contribution in [0.3, 0.4) is 0 Å². The van der Waals surface area contributed by atoms with Gasteiger partial charge in [0.15, 0.2) is 0 Å². The number of benzene rings is 1. The van der Waals surface area contributed by atoms with Crippen molar-refractivity contribution in [2.75, 3.05) is 5.33 Å². The first kappa shape index (κ1) is 19.3. The Morgan fingerprint density at radius 2 is 1.96 bits per heavy atom. The average Bonchev–Trinajstić information content (AvgIpc) is 3.00. The van der Waals surface area contributed by atoms with Crippen LogP contribution in [0.25, 0.3) is 15.8 Å². The molecule has 26 heavy (non-hydrogen) atoms. The first-order valence-electron chi connectivity index (χ1n) is 7.15. The summed E-state index contributed by atoms with van der Waals surface area (Å²) < 4.78 is 45.2. The van der Waals surface area contributed by atoms with Crippen LogP contribution >= 0.6 is 43.4 Å². The Bertz CT molecular complexity index is 1100. The number of aromatic nitrogens is 3. The topological polar surface area (TPSA) is 56.9 Å². The van der Waals surface area contributed by atoms with E-state index in [0.29, 0.717) is 20.5 Å². The fourth-order valence-corrected chi connectivity index (χ4v) is 4.12. The number of rotatable bonds is 3. The minimum absolute atomic E-state index is 0.0846. The molecule has 0 amide bonds. The quantitative estimate of drug-likeness (QED) is 0.498. The highest BCUT2D eigenvalue weighted by Gasteiger charge is 2.35. The van der Waals surface area contributed by atoms with Gasteiger partial charge in [0.2, 0.25) is 0 Å². The van der Waals surface area contributed by atoms with Crippen LogP contribution in [0.15, 0.2) is 33.9 Å². The standard InChI is InChI=1S/C15H10Br2F3N3O2S/c1-22-11(15(18,19)20)5-12(24)23(14(22)25)7-2-3-10-8(4-7)13(21-26-10)9(17)6-16/h2-5,9H,6H2,1H3. The van der Waals surface area contributed by atoms with E-state index in [0.717, 1.165) is 22.8 Å². The van der Waals surface area contributed by atoms with Crippen molar-refractivity contribution in [1.82, 2.24) is 13.5 Å². The molecule has 0 saturated heterocycles. The van der Waals surface area contributed by atoms with Gasteiger partial charge in [-0.2, -0.15) is 17.5 Å². The van der Waals surface area contributed by atoms with E-state index >= 15 is 0 Å². The maximum atomic E-state index is 13.0. The second-order valence-electron chi connectivity index (χ2n) is 5.41. The first-order chi connectivity index (χ1) is 12.1. The highest BCUT2D eigenvalue weighted by molar-refractivity contribution is 9.12. The van der Waals surface area contributed by atoms with Crippen molar-refractivity contribution in [2.24, 2.45) is 7.05 Å². The summed E-state index contributed by atoms with van der Waals surface area (Å²) in [6, 6.07) is 5.20. The van der Waals surface area contributed by atoms with Crippen LogP contribution in [0.2, 0.25) is 0 Å². The maximum absolute atomic E-state index is 13.0. The molecule has 0 N–H and O–H groups in total. The third-order valence-corrected chi connectivity index (χ3v) is 6.90. The smallest absolute Gasteiger partial charge is 0.292 e. The van der Waals surface area contributed by atoms with E-state index in [9.17, 15) is 22.8 Å². The maximum Gasteiger partial charge on any atom is 0.431 e. The van der Waals surface area contributed by atoms with Gasteiger partial charge in [-0.15, -0.1) is 0 Å². The average molecular weight is 513 g/mol. The lowest BCUT2D eigenvalue weighted by Gasteiger charge is -2.14. The van der Waals surface area contributed by atoms with Crippen molar-refractivity contribution in [2.45, 2.75) is 11.0 Å². The second-order valence-corrected chi connectivity index (χ2v) is 7.97. The van der Waals surface area contributed by atoms with Crippen LogP contribution in [-0.4, -0.2) is 18.8 Å². The van der Waals surface area contributed by atoms with Gasteiger partial charge in [0.1, 0.15) is 5.69 Å². The summed E-state index contributed by atoms with van der Waals surface area (Å²) in [6.07, 6.45) is -4.79. The molecule has 138 valence electrons. The summed E-state index contributed by atoms with van der Waals surface area (Å²) >= 11 is 8.08. The Balaban J connectivity index is 2.26. The van der Waals surface area contributed by atoms with E-state index in [1.54, 1.807) is 12.1 Å². The molecule has 11 heteroatoms. The largest absolute Gasteiger partial charge is 0.431 e. The molecule has 1 aromatic carbocycles. The summed E-state index contributed by atoms with van der Waals surface area (Å²) in [5.74, 6) is 0. The molecule has 2 aromatic heterocycles. The van der Waals surface area contributed by atoms with Crippen LogP contribution in [0.4, 0.5) is 13.2 Å². The van der Waals surface area contributed by atoms with Gasteiger partial charge in [-0.05, 0) is 29.7 Å². The monoisotopic (exact) mass is 511 g/mol. The fourth-order valence-electron chi connectivity index (χ4n) is 2.52. The molecule has 0 saturated carbocycles. The molecule has 0 fully saturated rings. The van der Waals surface area contributed by atoms with Crippen molar-refractivity contribution in [3.05, 3.63) is 56.5 Å². The molecule has 0 spiro atoms. The van der Waals surface area contributed by atoms with E-state index in [4.69, 9.17) is 0 Å². The third kappa shape index (κ3) is 3.27. The normalized spacial score (nSPS) is 13.3. The van der Waals surface area contributed by atoms with E-state index in [1.165, 1.54) is 17.6 Å². The van der Waals surface area contributed by atoms with Crippen LogP contribution in [0, 0.1) is 0 Å². The molecular weight excluding hydrogens is 503 g/mol. The molecule has 0 bridgehead atoms. The molecular formula is C15H10Br2F3N3O2S. The van der Waals surface area contributed by atoms with Crippen molar-refractivity contribution in [3.8, 4) is 5.69 Å². The SMILES string of the molecule is Cn1c(C(F)(F)F)cc(=O)n(-c2ccc3snc(C(Br)CBr)c3c2)c1=O. The minimum atomic E-state index is -4.79. The summed E-state index contributed by atoms with van der Waals surface area (Å²) in [5, 5.41) is 1.32. The summed E-state index contributed by atoms with van der Waals surface area (Å²) in [6.45, 7) is 0. The molecule has 1 unspecified atom stereocenters. The zero-order chi connectivity index (χ0) is 19.2. The van der Waals surface area contributed by atoms with E-state index in [2.05, 4.69) is 36.2 Å². The van der Waals surface area contributed by atoms with Crippen molar-refractivity contribution >= 4 is 53.5 Å². The highest BCUT2D eigenvalue weighted by atomic mass is 79.9. The molecule has 0 aliphatic rings. The van der Waals surface area contributed by atoms with Crippen molar-refractivity contribution < 1.29 is 13.2 Å². The van der Waals surface area contributed by atoms with Crippen LogP contribution < -0.4 is 11.2 Å². The van der Waals surface area contributed by atoms with Gasteiger partial charge in [-0.25, -0.2) is 9.36 Å². The zero-order valence-corrected chi connectivity index (χ0v) is 17.0. The van der Waals surface area contributed by atoms with E-state index < -0.39 is 23.1 Å². The molecule has 0 aliphatic heterocycles. The lowest BCUT2D eigenvalue weighted by molar-refractivity contribution is -0.144. The Hall–Kier alpha value is -1.46. The van der Waals surface area contributed by atoms with Gasteiger partial charge in [0, 0.05) is 23.8 Å². The third-order valence-electron chi connectivity index (χ3n) is 3.78. The Kier molecular flexibility index (Phi) is 5.15. The Morgan fingerprint density at radius 1 is 1.27 bits per heavy atom. The van der Waals surface area contributed by atoms with Gasteiger partial charge < -0.3 is 0 Å². The number of halogens is 5. The number of alkyl halides is 5. The number of hydrogen-bond donors (Lipinski definition) is 0. The molecule has 0 radical (unpaired) electrons. The van der Waals surface area contributed by atoms with Gasteiger partial charge in [0.05, 0.1) is 20.9 Å². The Morgan fingerprint density at radius 3 is 2.58 bits per heavy atom. The van der Waals surface area contributed by atoms with Crippen molar-refractivity contribution in [3.63, 3.8) is 0 Å². The second kappa shape index (κ2) is 6.93. The van der Waals surface area contributed by atoms with Crippen LogP contribution in [-0.2, 0) is 13.2 Å². The Labute approximate surface area is 165 Å². The molecule has 5 nitrogen and oxygen atoms in total. The summed E-state index contributed by atoms with van der Waals surface area (Å²) in [4.78, 5) is 24.5. The highest BCUT2D eigenvalue weighted by Crippen LogP contribution is 2.34. The van der Waals surface area contributed by atoms with Crippen LogP contribution in [0.1, 0.15) is 16.2 Å². The van der Waals surface area contributed by atoms with Gasteiger partial charge >= 0.3 is 11.9 Å². The predicted octanol–water partition coefficient (Wildman–Crippen LogP) is 4.00. The number of hydrogen-bond acceptors (Lipinski definition) is 4. The molecule has 1 atom stereocenters. The van der Waals surface area contributed by atoms with E-state index in [1.807, 2.05) is 0 Å². The molecule has 3 aromatic rings. The first-order valence-corrected chi connectivity index (χ1v) is 9.96. The van der Waals surface area contributed by atoms with Gasteiger partial charge in [0.25, 0.3) is 5.56 Å². The minimum Gasteiger partial charge on any atom is -0.292 e. The van der Waals surface area contributed by atoms with Gasteiger partial charge in [-0.1, -0.05) is 31.9 Å².